The summed E-state index contributed by atoms with van der Waals surface area (Å²) in [6, 6.07) is 11.4. The minimum absolute atomic E-state index is 0.193. The first-order valence-corrected chi connectivity index (χ1v) is 6.87. The van der Waals surface area contributed by atoms with E-state index in [1.807, 2.05) is 19.1 Å². The Morgan fingerprint density at radius 1 is 1.20 bits per heavy atom. The lowest BCUT2D eigenvalue weighted by molar-refractivity contribution is 0.414. The second-order valence-corrected chi connectivity index (χ2v) is 5.26. The molecule has 2 aromatic rings. The van der Waals surface area contributed by atoms with Crippen molar-refractivity contribution < 1.29 is 9.13 Å². The van der Waals surface area contributed by atoms with Crippen LogP contribution < -0.4 is 10.1 Å². The van der Waals surface area contributed by atoms with E-state index >= 15 is 0 Å². The molecule has 0 bridgehead atoms. The second kappa shape index (κ2) is 5.16. The highest BCUT2D eigenvalue weighted by molar-refractivity contribution is 5.54. The van der Waals surface area contributed by atoms with Crippen molar-refractivity contribution in [3.8, 4) is 5.75 Å². The Kier molecular flexibility index (Phi) is 3.35. The lowest BCUT2D eigenvalue weighted by Gasteiger charge is -2.18. The maximum Gasteiger partial charge on any atom is 0.123 e. The maximum absolute atomic E-state index is 13.2. The van der Waals surface area contributed by atoms with Gasteiger partial charge in [0, 0.05) is 5.69 Å². The van der Waals surface area contributed by atoms with Gasteiger partial charge in [0.1, 0.15) is 11.6 Å². The van der Waals surface area contributed by atoms with Gasteiger partial charge in [0.05, 0.1) is 13.2 Å². The van der Waals surface area contributed by atoms with Crippen LogP contribution in [-0.4, -0.2) is 7.11 Å². The van der Waals surface area contributed by atoms with Crippen LogP contribution in [0, 0.1) is 12.7 Å². The van der Waals surface area contributed by atoms with E-state index in [1.54, 1.807) is 13.2 Å². The van der Waals surface area contributed by atoms with Gasteiger partial charge in [-0.05, 0) is 66.8 Å². The fourth-order valence-corrected chi connectivity index (χ4v) is 2.83. The maximum atomic E-state index is 13.2. The fraction of sp³-hybridized carbons (Fsp3) is 0.294. The molecular weight excluding hydrogens is 253 g/mol. The van der Waals surface area contributed by atoms with E-state index in [4.69, 9.17) is 4.74 Å². The van der Waals surface area contributed by atoms with E-state index in [0.29, 0.717) is 0 Å². The Labute approximate surface area is 118 Å². The van der Waals surface area contributed by atoms with Gasteiger partial charge in [-0.1, -0.05) is 6.07 Å². The van der Waals surface area contributed by atoms with E-state index in [1.165, 1.54) is 17.2 Å². The molecule has 2 aromatic carbocycles. The van der Waals surface area contributed by atoms with Gasteiger partial charge in [0.25, 0.3) is 0 Å². The average molecular weight is 271 g/mol. The molecule has 0 aromatic heterocycles. The topological polar surface area (TPSA) is 21.3 Å². The summed E-state index contributed by atoms with van der Waals surface area (Å²) >= 11 is 0. The van der Waals surface area contributed by atoms with E-state index in [9.17, 15) is 4.39 Å². The summed E-state index contributed by atoms with van der Waals surface area (Å²) in [6.07, 6.45) is 2.12. The van der Waals surface area contributed by atoms with Gasteiger partial charge in [-0.25, -0.2) is 4.39 Å². The molecule has 0 heterocycles. The third-order valence-electron chi connectivity index (χ3n) is 3.95. The summed E-state index contributed by atoms with van der Waals surface area (Å²) in [4.78, 5) is 0. The summed E-state index contributed by atoms with van der Waals surface area (Å²) in [5, 5.41) is 3.52. The van der Waals surface area contributed by atoms with Crippen molar-refractivity contribution in [1.82, 2.24) is 0 Å². The number of anilines is 1. The van der Waals surface area contributed by atoms with Gasteiger partial charge in [0.2, 0.25) is 0 Å². The number of benzene rings is 2. The van der Waals surface area contributed by atoms with Crippen molar-refractivity contribution in [3.63, 3.8) is 0 Å². The Bertz CT molecular complexity index is 639. The van der Waals surface area contributed by atoms with Gasteiger partial charge in [-0.2, -0.15) is 0 Å². The van der Waals surface area contributed by atoms with E-state index < -0.39 is 0 Å². The number of rotatable bonds is 3. The minimum atomic E-state index is -0.193. The normalized spacial score (nSPS) is 16.9. The average Bonchev–Trinajstić information content (AvgIpc) is 2.84. The number of ether oxygens (including phenoxy) is 1. The predicted molar refractivity (Wildman–Crippen MR) is 78.8 cm³/mol. The molecule has 1 unspecified atom stereocenters. The molecular formula is C17H18FNO. The molecule has 1 N–H and O–H groups in total. The summed E-state index contributed by atoms with van der Waals surface area (Å²) in [6.45, 7) is 1.92. The molecule has 0 radical (unpaired) electrons. The number of fused-ring (bicyclic) bond motifs is 1. The summed E-state index contributed by atoms with van der Waals surface area (Å²) in [7, 11) is 1.68. The first-order valence-electron chi connectivity index (χ1n) is 6.87. The number of nitrogens with one attached hydrogen (secondary N) is 1. The first kappa shape index (κ1) is 13.0. The van der Waals surface area contributed by atoms with Crippen LogP contribution in [0.5, 0.6) is 5.75 Å². The number of methoxy groups -OCH3 is 1. The molecule has 0 spiro atoms. The highest BCUT2D eigenvalue weighted by Gasteiger charge is 2.23. The van der Waals surface area contributed by atoms with Crippen LogP contribution in [0.4, 0.5) is 10.1 Å². The Morgan fingerprint density at radius 3 is 2.80 bits per heavy atom. The molecule has 20 heavy (non-hydrogen) atoms. The van der Waals surface area contributed by atoms with Gasteiger partial charge in [0.15, 0.2) is 0 Å². The van der Waals surface area contributed by atoms with Crippen LogP contribution in [0.2, 0.25) is 0 Å². The van der Waals surface area contributed by atoms with Crippen molar-refractivity contribution in [3.05, 3.63) is 58.9 Å². The Morgan fingerprint density at radius 2 is 2.05 bits per heavy atom. The quantitative estimate of drug-likeness (QED) is 0.901. The molecule has 0 saturated heterocycles. The smallest absolute Gasteiger partial charge is 0.123 e. The molecule has 0 amide bonds. The van der Waals surface area contributed by atoms with Crippen LogP contribution in [-0.2, 0) is 6.42 Å². The molecule has 0 saturated carbocycles. The number of halogens is 1. The number of hydrogen-bond acceptors (Lipinski definition) is 2. The first-order chi connectivity index (χ1) is 9.67. The third-order valence-corrected chi connectivity index (χ3v) is 3.95. The zero-order valence-electron chi connectivity index (χ0n) is 11.7. The third kappa shape index (κ3) is 2.36. The van der Waals surface area contributed by atoms with Crippen LogP contribution in [0.1, 0.15) is 29.2 Å². The highest BCUT2D eigenvalue weighted by atomic mass is 19.1. The van der Waals surface area contributed by atoms with Gasteiger partial charge < -0.3 is 10.1 Å². The van der Waals surface area contributed by atoms with Gasteiger partial charge in [-0.3, -0.25) is 0 Å². The number of aryl methyl sites for hydroxylation is 2. The molecule has 1 aliphatic rings. The van der Waals surface area contributed by atoms with Crippen LogP contribution in [0.25, 0.3) is 0 Å². The molecule has 0 aliphatic heterocycles. The van der Waals surface area contributed by atoms with Gasteiger partial charge >= 0.3 is 0 Å². The largest absolute Gasteiger partial charge is 0.497 e. The second-order valence-electron chi connectivity index (χ2n) is 5.26. The predicted octanol–water partition coefficient (Wildman–Crippen LogP) is 4.24. The lowest BCUT2D eigenvalue weighted by atomic mass is 10.1. The van der Waals surface area contributed by atoms with Crippen LogP contribution in [0.15, 0.2) is 36.4 Å². The van der Waals surface area contributed by atoms with Crippen molar-refractivity contribution in [2.24, 2.45) is 0 Å². The highest BCUT2D eigenvalue weighted by Crippen LogP contribution is 2.36. The van der Waals surface area contributed by atoms with Crippen molar-refractivity contribution >= 4 is 5.69 Å². The molecule has 3 heteroatoms. The van der Waals surface area contributed by atoms with E-state index in [0.717, 1.165) is 29.8 Å². The van der Waals surface area contributed by atoms with Crippen LogP contribution in [0.3, 0.4) is 0 Å². The lowest BCUT2D eigenvalue weighted by Crippen LogP contribution is -2.08. The van der Waals surface area contributed by atoms with E-state index in [-0.39, 0.29) is 11.9 Å². The summed E-state index contributed by atoms with van der Waals surface area (Å²) in [5.41, 5.74) is 4.57. The Hall–Kier alpha value is -2.03. The summed E-state index contributed by atoms with van der Waals surface area (Å²) in [5.74, 6) is 0.690. The molecule has 2 nitrogen and oxygen atoms in total. The monoisotopic (exact) mass is 271 g/mol. The molecule has 0 fully saturated rings. The zero-order chi connectivity index (χ0) is 14.1. The Balaban J connectivity index is 1.87. The van der Waals surface area contributed by atoms with Crippen molar-refractivity contribution in [1.29, 1.82) is 0 Å². The zero-order valence-corrected chi connectivity index (χ0v) is 11.7. The SMILES string of the molecule is COc1ccc2c(c1)C(Nc1ccc(F)cc1C)CC2. The summed E-state index contributed by atoms with van der Waals surface area (Å²) < 4.78 is 18.5. The van der Waals surface area contributed by atoms with Crippen molar-refractivity contribution in [2.75, 3.05) is 12.4 Å². The number of hydrogen-bond donors (Lipinski definition) is 1. The fourth-order valence-electron chi connectivity index (χ4n) is 2.83. The van der Waals surface area contributed by atoms with Crippen molar-refractivity contribution in [2.45, 2.75) is 25.8 Å². The van der Waals surface area contributed by atoms with Gasteiger partial charge in [-0.15, -0.1) is 0 Å². The minimum Gasteiger partial charge on any atom is -0.497 e. The van der Waals surface area contributed by atoms with Crippen LogP contribution >= 0.6 is 0 Å². The molecule has 1 aliphatic carbocycles. The molecule has 104 valence electrons. The standard InChI is InChI=1S/C17H18FNO/c1-11-9-13(18)5-8-16(11)19-17-7-4-12-3-6-14(20-2)10-15(12)17/h3,5-6,8-10,17,19H,4,7H2,1-2H3. The molecule has 3 rings (SSSR count). The van der Waals surface area contributed by atoms with E-state index in [2.05, 4.69) is 17.4 Å². The molecule has 1 atom stereocenters.